The maximum absolute atomic E-state index is 13.3. The molecule has 0 unspecified atom stereocenters. The largest absolute Gasteiger partial charge is 0.457 e. The maximum atomic E-state index is 13.3. The summed E-state index contributed by atoms with van der Waals surface area (Å²) in [4.78, 5) is 28.0. The monoisotopic (exact) mass is 413 g/mol. The molecule has 0 aromatic heterocycles. The van der Waals surface area contributed by atoms with Crippen molar-refractivity contribution < 1.29 is 14.3 Å². The molecule has 2 bridgehead atoms. The first-order valence-electron chi connectivity index (χ1n) is 11.4. The van der Waals surface area contributed by atoms with E-state index in [9.17, 15) is 9.59 Å². The quantitative estimate of drug-likeness (QED) is 0.493. The van der Waals surface area contributed by atoms with Crippen LogP contribution in [0.25, 0.3) is 0 Å². The van der Waals surface area contributed by atoms with E-state index in [1.54, 1.807) is 0 Å². The molecule has 0 spiro atoms. The molecule has 7 rings (SSSR count). The Balaban J connectivity index is 1.26. The molecule has 2 amide bonds. The van der Waals surface area contributed by atoms with E-state index in [2.05, 4.69) is 51.1 Å². The molecule has 31 heavy (non-hydrogen) atoms. The van der Waals surface area contributed by atoms with Gasteiger partial charge < -0.3 is 4.74 Å². The summed E-state index contributed by atoms with van der Waals surface area (Å²) in [6, 6.07) is 13.6. The third kappa shape index (κ3) is 2.73. The van der Waals surface area contributed by atoms with Crippen LogP contribution >= 0.6 is 0 Å². The first-order chi connectivity index (χ1) is 14.9. The highest BCUT2D eigenvalue weighted by atomic mass is 16.5. The van der Waals surface area contributed by atoms with Gasteiger partial charge in [0.05, 0.1) is 17.5 Å². The van der Waals surface area contributed by atoms with E-state index >= 15 is 0 Å². The molecule has 1 aliphatic heterocycles. The van der Waals surface area contributed by atoms with Crippen LogP contribution in [0.2, 0.25) is 0 Å². The standard InChI is InChI=1S/C27H27NO3/c1-14(2)18-9-4-15(3)12-23(18)31-17-7-5-16(6-8-17)28-26(29)24-19-10-11-20(22-13-21(19)22)25(24)27(28)30/h4-12,14,19-22,24-25H,13H2,1-3H3/t19-,20-,21-,22+,24-,25-/m1/s1. The number of imide groups is 1. The van der Waals surface area contributed by atoms with Crippen molar-refractivity contribution in [2.75, 3.05) is 4.90 Å². The van der Waals surface area contributed by atoms with E-state index in [4.69, 9.17) is 4.74 Å². The van der Waals surface area contributed by atoms with Crippen LogP contribution in [0.1, 0.15) is 37.3 Å². The normalized spacial score (nSPS) is 32.5. The van der Waals surface area contributed by atoms with Gasteiger partial charge in [-0.05, 0) is 84.4 Å². The van der Waals surface area contributed by atoms with Gasteiger partial charge in [0.25, 0.3) is 0 Å². The van der Waals surface area contributed by atoms with Crippen molar-refractivity contribution in [2.24, 2.45) is 35.5 Å². The summed E-state index contributed by atoms with van der Waals surface area (Å²) in [6.07, 6.45) is 5.60. The summed E-state index contributed by atoms with van der Waals surface area (Å²) < 4.78 is 6.18. The first kappa shape index (κ1) is 18.9. The Bertz CT molecular complexity index is 1080. The number of amides is 2. The molecule has 4 heteroatoms. The van der Waals surface area contributed by atoms with E-state index < -0.39 is 0 Å². The number of allylic oxidation sites excluding steroid dienone is 2. The molecular formula is C27H27NO3. The van der Waals surface area contributed by atoms with Gasteiger partial charge >= 0.3 is 0 Å². The SMILES string of the molecule is Cc1ccc(C(C)C)c(Oc2ccc(N3C(=O)[C@@H]4[C@@H]5C=C[C@H]([C@@H]6C[C@H]56)[C@H]4C3=O)cc2)c1. The average molecular weight is 414 g/mol. The number of carbonyl (C=O) groups is 2. The molecule has 1 heterocycles. The molecular weight excluding hydrogens is 386 g/mol. The molecule has 3 fully saturated rings. The summed E-state index contributed by atoms with van der Waals surface area (Å²) in [7, 11) is 0. The first-order valence-corrected chi connectivity index (χ1v) is 11.4. The van der Waals surface area contributed by atoms with Gasteiger partial charge in [-0.3, -0.25) is 14.5 Å². The molecule has 1 saturated heterocycles. The molecule has 158 valence electrons. The molecule has 4 aliphatic carbocycles. The summed E-state index contributed by atoms with van der Waals surface area (Å²) in [5.74, 6) is 3.28. The van der Waals surface area contributed by atoms with Gasteiger partial charge in [-0.25, -0.2) is 0 Å². The second-order valence-electron chi connectivity index (χ2n) is 9.96. The second-order valence-corrected chi connectivity index (χ2v) is 9.96. The third-order valence-corrected chi connectivity index (χ3v) is 7.78. The van der Waals surface area contributed by atoms with Gasteiger partial charge in [0.2, 0.25) is 11.8 Å². The molecule has 4 nitrogen and oxygen atoms in total. The lowest BCUT2D eigenvalue weighted by atomic mass is 9.63. The fourth-order valence-electron chi connectivity index (χ4n) is 6.21. The smallest absolute Gasteiger partial charge is 0.238 e. The van der Waals surface area contributed by atoms with Crippen molar-refractivity contribution in [3.8, 4) is 11.5 Å². The van der Waals surface area contributed by atoms with Crippen LogP contribution < -0.4 is 9.64 Å². The fourth-order valence-corrected chi connectivity index (χ4v) is 6.21. The minimum atomic E-state index is -0.164. The van der Waals surface area contributed by atoms with Crippen LogP contribution in [0, 0.1) is 42.4 Å². The third-order valence-electron chi connectivity index (χ3n) is 7.78. The number of hydrogen-bond donors (Lipinski definition) is 0. The lowest BCUT2D eigenvalue weighted by Gasteiger charge is -2.37. The summed E-state index contributed by atoms with van der Waals surface area (Å²) >= 11 is 0. The Morgan fingerprint density at radius 1 is 0.903 bits per heavy atom. The van der Waals surface area contributed by atoms with E-state index in [0.29, 0.717) is 29.2 Å². The second kappa shape index (κ2) is 6.56. The lowest BCUT2D eigenvalue weighted by molar-refractivity contribution is -0.124. The molecule has 2 aromatic rings. The zero-order chi connectivity index (χ0) is 21.4. The predicted octanol–water partition coefficient (Wildman–Crippen LogP) is 5.47. The minimum Gasteiger partial charge on any atom is -0.457 e. The average Bonchev–Trinajstić information content (AvgIpc) is 3.52. The zero-order valence-corrected chi connectivity index (χ0v) is 18.1. The number of rotatable bonds is 4. The number of anilines is 1. The van der Waals surface area contributed by atoms with Gasteiger partial charge in [0, 0.05) is 0 Å². The minimum absolute atomic E-state index is 0.0193. The maximum Gasteiger partial charge on any atom is 0.238 e. The van der Waals surface area contributed by atoms with E-state index in [-0.39, 0.29) is 35.5 Å². The van der Waals surface area contributed by atoms with Crippen LogP contribution in [0.5, 0.6) is 11.5 Å². The summed E-state index contributed by atoms with van der Waals surface area (Å²) in [5.41, 5.74) is 2.96. The lowest BCUT2D eigenvalue weighted by Crippen LogP contribution is -2.40. The Hall–Kier alpha value is -2.88. The number of hydrogen-bond acceptors (Lipinski definition) is 3. The number of carbonyl (C=O) groups excluding carboxylic acids is 2. The van der Waals surface area contributed by atoms with Crippen LogP contribution in [-0.2, 0) is 9.59 Å². The number of nitrogens with zero attached hydrogens (tertiary/aromatic N) is 1. The highest BCUT2D eigenvalue weighted by Gasteiger charge is 2.67. The van der Waals surface area contributed by atoms with Crippen LogP contribution in [0.4, 0.5) is 5.69 Å². The van der Waals surface area contributed by atoms with E-state index in [1.807, 2.05) is 24.3 Å². The van der Waals surface area contributed by atoms with Crippen molar-refractivity contribution >= 4 is 17.5 Å². The molecule has 0 N–H and O–H groups in total. The highest BCUT2D eigenvalue weighted by molar-refractivity contribution is 6.22. The van der Waals surface area contributed by atoms with Crippen LogP contribution in [-0.4, -0.2) is 11.8 Å². The Morgan fingerprint density at radius 3 is 2.10 bits per heavy atom. The number of aryl methyl sites for hydroxylation is 1. The summed E-state index contributed by atoms with van der Waals surface area (Å²) in [6.45, 7) is 6.35. The Morgan fingerprint density at radius 2 is 1.52 bits per heavy atom. The van der Waals surface area contributed by atoms with Gasteiger partial charge in [-0.2, -0.15) is 0 Å². The number of ether oxygens (including phenoxy) is 1. The van der Waals surface area contributed by atoms with E-state index in [0.717, 1.165) is 16.9 Å². The zero-order valence-electron chi connectivity index (χ0n) is 18.1. The van der Waals surface area contributed by atoms with Crippen molar-refractivity contribution in [3.05, 3.63) is 65.7 Å². The Kier molecular flexibility index (Phi) is 3.99. The van der Waals surface area contributed by atoms with Crippen molar-refractivity contribution in [3.63, 3.8) is 0 Å². The molecule has 2 aromatic carbocycles. The van der Waals surface area contributed by atoms with Gasteiger partial charge in [0.1, 0.15) is 11.5 Å². The predicted molar refractivity (Wildman–Crippen MR) is 119 cm³/mol. The van der Waals surface area contributed by atoms with Gasteiger partial charge in [-0.15, -0.1) is 0 Å². The topological polar surface area (TPSA) is 46.6 Å². The van der Waals surface area contributed by atoms with Crippen LogP contribution in [0.15, 0.2) is 54.6 Å². The summed E-state index contributed by atoms with van der Waals surface area (Å²) in [5, 5.41) is 0. The highest BCUT2D eigenvalue weighted by Crippen LogP contribution is 2.65. The van der Waals surface area contributed by atoms with Crippen molar-refractivity contribution in [1.29, 1.82) is 0 Å². The van der Waals surface area contributed by atoms with Crippen molar-refractivity contribution in [1.82, 2.24) is 0 Å². The number of benzene rings is 2. The van der Waals surface area contributed by atoms with E-state index in [1.165, 1.54) is 11.3 Å². The fraction of sp³-hybridized carbons (Fsp3) is 0.407. The molecule has 5 aliphatic rings. The molecule has 6 atom stereocenters. The van der Waals surface area contributed by atoms with Crippen LogP contribution in [0.3, 0.4) is 0 Å². The molecule has 0 radical (unpaired) electrons. The van der Waals surface area contributed by atoms with Crippen molar-refractivity contribution in [2.45, 2.75) is 33.1 Å². The van der Waals surface area contributed by atoms with Gasteiger partial charge in [-0.1, -0.05) is 38.1 Å². The molecule has 2 saturated carbocycles. The Labute approximate surface area is 182 Å². The van der Waals surface area contributed by atoms with Gasteiger partial charge in [0.15, 0.2) is 0 Å².